The van der Waals surface area contributed by atoms with Gasteiger partial charge in [0.15, 0.2) is 0 Å². The van der Waals surface area contributed by atoms with Crippen LogP contribution in [0.1, 0.15) is 37.3 Å². The molecule has 6 heteroatoms. The van der Waals surface area contributed by atoms with Crippen molar-refractivity contribution in [3.05, 3.63) is 54.0 Å². The second kappa shape index (κ2) is 6.22. The quantitative estimate of drug-likeness (QED) is 0.877. The fourth-order valence-electron chi connectivity index (χ4n) is 2.05. The molecular weight excluding hydrogens is 283 g/mol. The van der Waals surface area contributed by atoms with Crippen LogP contribution in [0.4, 0.5) is 13.2 Å². The molecule has 1 aromatic carbocycles. The van der Waals surface area contributed by atoms with E-state index in [0.717, 1.165) is 11.3 Å². The first-order chi connectivity index (χ1) is 9.85. The Bertz CT molecular complexity index is 549. The zero-order chi connectivity index (χ0) is 15.5. The second-order valence-electron chi connectivity index (χ2n) is 4.74. The molecule has 0 aliphatic heterocycles. The molecule has 0 aliphatic rings. The molecule has 114 valence electrons. The van der Waals surface area contributed by atoms with Crippen LogP contribution < -0.4 is 10.1 Å². The van der Waals surface area contributed by atoms with Crippen LogP contribution >= 0.6 is 0 Å². The molecule has 0 bridgehead atoms. The first kappa shape index (κ1) is 15.4. The number of alkyl halides is 3. The Morgan fingerprint density at radius 2 is 1.71 bits per heavy atom. The van der Waals surface area contributed by atoms with Crippen molar-refractivity contribution in [1.29, 1.82) is 0 Å². The molecule has 0 aliphatic carbocycles. The topological polar surface area (TPSA) is 34.4 Å². The molecule has 2 atom stereocenters. The Balaban J connectivity index is 1.98. The van der Waals surface area contributed by atoms with Crippen molar-refractivity contribution < 1.29 is 22.3 Å². The van der Waals surface area contributed by atoms with Crippen LogP contribution in [0, 0.1) is 0 Å². The predicted molar refractivity (Wildman–Crippen MR) is 71.8 cm³/mol. The van der Waals surface area contributed by atoms with Gasteiger partial charge in [-0.3, -0.25) is 0 Å². The van der Waals surface area contributed by atoms with Crippen LogP contribution in [0.3, 0.4) is 0 Å². The largest absolute Gasteiger partial charge is 0.573 e. The molecular formula is C15H16F3NO2. The molecule has 3 nitrogen and oxygen atoms in total. The van der Waals surface area contributed by atoms with E-state index < -0.39 is 6.36 Å². The third-order valence-electron chi connectivity index (χ3n) is 3.08. The summed E-state index contributed by atoms with van der Waals surface area (Å²) in [4.78, 5) is 0. The van der Waals surface area contributed by atoms with E-state index in [0.29, 0.717) is 0 Å². The number of furan rings is 1. The molecule has 0 amide bonds. The van der Waals surface area contributed by atoms with E-state index in [1.54, 1.807) is 24.5 Å². The molecule has 1 N–H and O–H groups in total. The lowest BCUT2D eigenvalue weighted by molar-refractivity contribution is -0.274. The third-order valence-corrected chi connectivity index (χ3v) is 3.08. The Hall–Kier alpha value is -1.95. The van der Waals surface area contributed by atoms with E-state index in [1.807, 2.05) is 19.9 Å². The van der Waals surface area contributed by atoms with Gasteiger partial charge in [0, 0.05) is 6.04 Å². The van der Waals surface area contributed by atoms with Gasteiger partial charge < -0.3 is 14.5 Å². The summed E-state index contributed by atoms with van der Waals surface area (Å²) >= 11 is 0. The minimum absolute atomic E-state index is 0.00102. The highest BCUT2D eigenvalue weighted by Gasteiger charge is 2.31. The highest BCUT2D eigenvalue weighted by Crippen LogP contribution is 2.25. The van der Waals surface area contributed by atoms with E-state index in [4.69, 9.17) is 4.42 Å². The summed E-state index contributed by atoms with van der Waals surface area (Å²) in [6.07, 6.45) is -3.07. The van der Waals surface area contributed by atoms with Gasteiger partial charge in [0.05, 0.1) is 12.3 Å². The first-order valence-electron chi connectivity index (χ1n) is 6.50. The normalized spacial score (nSPS) is 14.7. The van der Waals surface area contributed by atoms with Crippen LogP contribution in [0.5, 0.6) is 5.75 Å². The average Bonchev–Trinajstić information content (AvgIpc) is 2.91. The van der Waals surface area contributed by atoms with Crippen molar-refractivity contribution >= 4 is 0 Å². The van der Waals surface area contributed by atoms with Gasteiger partial charge in [-0.05, 0) is 43.7 Å². The minimum Gasteiger partial charge on any atom is -0.468 e. The number of hydrogen-bond donors (Lipinski definition) is 1. The van der Waals surface area contributed by atoms with Crippen LogP contribution in [-0.2, 0) is 0 Å². The van der Waals surface area contributed by atoms with Gasteiger partial charge in [-0.25, -0.2) is 0 Å². The average molecular weight is 299 g/mol. The second-order valence-corrected chi connectivity index (χ2v) is 4.74. The van der Waals surface area contributed by atoms with Crippen molar-refractivity contribution in [3.8, 4) is 5.75 Å². The zero-order valence-corrected chi connectivity index (χ0v) is 11.6. The number of rotatable bonds is 5. The van der Waals surface area contributed by atoms with Gasteiger partial charge >= 0.3 is 6.36 Å². The zero-order valence-electron chi connectivity index (χ0n) is 11.6. The lowest BCUT2D eigenvalue weighted by Crippen LogP contribution is -2.22. The third kappa shape index (κ3) is 4.53. The van der Waals surface area contributed by atoms with E-state index in [9.17, 15) is 13.2 Å². The molecule has 21 heavy (non-hydrogen) atoms. The van der Waals surface area contributed by atoms with Gasteiger partial charge in [0.1, 0.15) is 11.5 Å². The highest BCUT2D eigenvalue weighted by molar-refractivity contribution is 5.29. The molecule has 0 fully saturated rings. The monoisotopic (exact) mass is 299 g/mol. The van der Waals surface area contributed by atoms with Crippen LogP contribution in [-0.4, -0.2) is 6.36 Å². The number of nitrogens with one attached hydrogen (secondary N) is 1. The maximum absolute atomic E-state index is 12.1. The van der Waals surface area contributed by atoms with Crippen molar-refractivity contribution in [2.75, 3.05) is 0 Å². The maximum atomic E-state index is 12.1. The molecule has 1 unspecified atom stereocenters. The Labute approximate surface area is 120 Å². The first-order valence-corrected chi connectivity index (χ1v) is 6.50. The van der Waals surface area contributed by atoms with Gasteiger partial charge in [0.25, 0.3) is 0 Å². The van der Waals surface area contributed by atoms with E-state index in [1.165, 1.54) is 12.1 Å². The molecule has 2 aromatic rings. The summed E-state index contributed by atoms with van der Waals surface area (Å²) in [5, 5.41) is 3.31. The SMILES string of the molecule is CC(N[C@@H](C)c1ccco1)c1ccc(OC(F)(F)F)cc1. The smallest absolute Gasteiger partial charge is 0.468 e. The molecule has 1 aromatic heterocycles. The number of halogens is 3. The van der Waals surface area contributed by atoms with Crippen LogP contribution in [0.25, 0.3) is 0 Å². The van der Waals surface area contributed by atoms with E-state index in [-0.39, 0.29) is 17.8 Å². The molecule has 0 saturated heterocycles. The summed E-state index contributed by atoms with van der Waals surface area (Å²) in [6.45, 7) is 3.88. The minimum atomic E-state index is -4.67. The Kier molecular flexibility index (Phi) is 4.57. The van der Waals surface area contributed by atoms with Gasteiger partial charge in [-0.1, -0.05) is 12.1 Å². The van der Waals surface area contributed by atoms with Gasteiger partial charge in [0.2, 0.25) is 0 Å². The van der Waals surface area contributed by atoms with Crippen LogP contribution in [0.15, 0.2) is 47.1 Å². The molecule has 2 rings (SSSR count). The van der Waals surface area contributed by atoms with Gasteiger partial charge in [-0.2, -0.15) is 0 Å². The molecule has 1 heterocycles. The summed E-state index contributed by atoms with van der Waals surface area (Å²) in [6, 6.07) is 9.45. The highest BCUT2D eigenvalue weighted by atomic mass is 19.4. The van der Waals surface area contributed by atoms with E-state index >= 15 is 0 Å². The molecule has 0 spiro atoms. The summed E-state index contributed by atoms with van der Waals surface area (Å²) in [5.74, 6) is 0.580. The summed E-state index contributed by atoms with van der Waals surface area (Å²) in [5.41, 5.74) is 0.864. The fourth-order valence-corrected chi connectivity index (χ4v) is 2.05. The number of hydrogen-bond acceptors (Lipinski definition) is 3. The van der Waals surface area contributed by atoms with E-state index in [2.05, 4.69) is 10.1 Å². The maximum Gasteiger partial charge on any atom is 0.573 e. The van der Waals surface area contributed by atoms with Crippen molar-refractivity contribution in [2.45, 2.75) is 32.3 Å². The molecule has 0 radical (unpaired) electrons. The predicted octanol–water partition coefficient (Wildman–Crippen LogP) is 4.59. The van der Waals surface area contributed by atoms with Crippen molar-refractivity contribution in [2.24, 2.45) is 0 Å². The van der Waals surface area contributed by atoms with Crippen molar-refractivity contribution in [3.63, 3.8) is 0 Å². The fraction of sp³-hybridized carbons (Fsp3) is 0.333. The standard InChI is InChI=1S/C15H16F3NO2/c1-10(19-11(2)14-4-3-9-20-14)12-5-7-13(8-6-12)21-15(16,17)18/h3-11,19H,1-2H3/t10?,11-/m0/s1. The summed E-state index contributed by atoms with van der Waals surface area (Å²) in [7, 11) is 0. The number of benzene rings is 1. The molecule has 0 saturated carbocycles. The van der Waals surface area contributed by atoms with Gasteiger partial charge in [-0.15, -0.1) is 13.2 Å². The lowest BCUT2D eigenvalue weighted by atomic mass is 10.1. The Morgan fingerprint density at radius 1 is 1.05 bits per heavy atom. The Morgan fingerprint density at radius 3 is 2.24 bits per heavy atom. The van der Waals surface area contributed by atoms with Crippen LogP contribution in [0.2, 0.25) is 0 Å². The summed E-state index contributed by atoms with van der Waals surface area (Å²) < 4.78 is 45.4. The number of ether oxygens (including phenoxy) is 1. The van der Waals surface area contributed by atoms with Crippen molar-refractivity contribution in [1.82, 2.24) is 5.32 Å². The lowest BCUT2D eigenvalue weighted by Gasteiger charge is -2.19.